The Balaban J connectivity index is 1.42. The largest absolute Gasteiger partial charge is 0.394 e. The van der Waals surface area contributed by atoms with Crippen LogP contribution >= 0.6 is 11.8 Å². The summed E-state index contributed by atoms with van der Waals surface area (Å²) >= 11 is 1.66. The molecule has 3 fully saturated rings. The molecule has 3 amide bonds. The Bertz CT molecular complexity index is 1640. The van der Waals surface area contributed by atoms with Crippen LogP contribution in [0.25, 0.3) is 0 Å². The van der Waals surface area contributed by atoms with Crippen LogP contribution in [0.3, 0.4) is 0 Å². The Hall–Kier alpha value is -4.14. The van der Waals surface area contributed by atoms with E-state index in [0.717, 1.165) is 16.7 Å². The fourth-order valence-electron chi connectivity index (χ4n) is 8.30. The second-order valence-corrected chi connectivity index (χ2v) is 15.4. The Morgan fingerprint density at radius 2 is 1.35 bits per heavy atom. The predicted molar refractivity (Wildman–Crippen MR) is 191 cm³/mol. The van der Waals surface area contributed by atoms with Crippen LogP contribution in [-0.2, 0) is 33.9 Å². The van der Waals surface area contributed by atoms with E-state index in [4.69, 9.17) is 0 Å². The number of carbonyl (C=O) groups is 3. The first-order valence-electron chi connectivity index (χ1n) is 16.8. The first-order valence-corrected chi connectivity index (χ1v) is 17.6. The molecule has 0 aliphatic carbocycles. The molecule has 48 heavy (non-hydrogen) atoms. The highest BCUT2D eigenvalue weighted by atomic mass is 32.2. The molecule has 0 radical (unpaired) electrons. The van der Waals surface area contributed by atoms with E-state index in [-0.39, 0.29) is 24.3 Å². The number of rotatable bonds is 14. The quantitative estimate of drug-likeness (QED) is 0.231. The van der Waals surface area contributed by atoms with Crippen LogP contribution in [0.1, 0.15) is 36.5 Å². The molecule has 0 saturated carbocycles. The number of likely N-dealkylation sites (tertiary alicyclic amines) is 1. The molecule has 6 rings (SSSR count). The average Bonchev–Trinajstić information content (AvgIpc) is 3.68. The molecule has 2 bridgehead atoms. The second-order valence-electron chi connectivity index (χ2n) is 13.5. The molecule has 2 unspecified atom stereocenters. The van der Waals surface area contributed by atoms with Crippen molar-refractivity contribution in [1.29, 1.82) is 0 Å². The van der Waals surface area contributed by atoms with Crippen molar-refractivity contribution in [2.45, 2.75) is 60.9 Å². The van der Waals surface area contributed by atoms with Crippen LogP contribution in [-0.4, -0.2) is 78.8 Å². The van der Waals surface area contributed by atoms with Gasteiger partial charge in [0.25, 0.3) is 0 Å². The summed E-state index contributed by atoms with van der Waals surface area (Å²) in [6, 6.07) is 27.9. The van der Waals surface area contributed by atoms with Gasteiger partial charge in [0.1, 0.15) is 6.04 Å². The van der Waals surface area contributed by atoms with E-state index >= 15 is 9.59 Å². The molecule has 3 aliphatic rings. The summed E-state index contributed by atoms with van der Waals surface area (Å²) < 4.78 is -1.33. The highest BCUT2D eigenvalue weighted by Crippen LogP contribution is 2.72. The molecule has 1 spiro atoms. The normalized spacial score (nSPS) is 26.2. The maximum absolute atomic E-state index is 15.0. The van der Waals surface area contributed by atoms with Gasteiger partial charge in [0, 0.05) is 30.9 Å². The van der Waals surface area contributed by atoms with E-state index in [2.05, 4.69) is 20.1 Å². The Labute approximate surface area is 288 Å². The lowest BCUT2D eigenvalue weighted by atomic mass is 9.66. The lowest BCUT2D eigenvalue weighted by Crippen LogP contribution is -2.57. The van der Waals surface area contributed by atoms with Crippen LogP contribution in [0.4, 0.5) is 0 Å². The van der Waals surface area contributed by atoms with Gasteiger partial charge in [0.15, 0.2) is 0 Å². The fourth-order valence-corrected chi connectivity index (χ4v) is 10.6. The number of amides is 3. The molecule has 3 aromatic carbocycles. The van der Waals surface area contributed by atoms with Gasteiger partial charge in [0.05, 0.1) is 29.2 Å². The van der Waals surface area contributed by atoms with E-state index in [1.807, 2.05) is 91.0 Å². The average molecular weight is 664 g/mol. The fraction of sp³-hybridized carbons (Fsp3) is 0.375. The summed E-state index contributed by atoms with van der Waals surface area (Å²) in [4.78, 5) is 50.1. The standard InChI is InChI=1S/C40H45N3O4S/c1-4-23-41(26-30-17-11-7-12-18-30)36(45)33-34-37(46)43(32(28-44)25-29-15-9-6-10-16-29)35(40(34)22-21-39(33,3)48-40)38(47)42(24-5-2)27-31-19-13-8-14-20-31/h4-20,32-35,44H,1-2,21-28H2,3H3/t32-,33+,34+,35?,39-,40?/m1/s1. The van der Waals surface area contributed by atoms with Crippen molar-refractivity contribution in [1.82, 2.24) is 14.7 Å². The molecular formula is C40H45N3O4S. The molecular weight excluding hydrogens is 619 g/mol. The zero-order valence-corrected chi connectivity index (χ0v) is 28.4. The molecule has 0 aromatic heterocycles. The number of nitrogens with zero attached hydrogens (tertiary/aromatic N) is 3. The predicted octanol–water partition coefficient (Wildman–Crippen LogP) is 5.50. The summed E-state index contributed by atoms with van der Waals surface area (Å²) in [5.74, 6) is -1.78. The lowest BCUT2D eigenvalue weighted by molar-refractivity contribution is -0.148. The number of aliphatic hydroxyl groups is 1. The molecule has 3 aromatic rings. The molecule has 7 nitrogen and oxygen atoms in total. The number of benzene rings is 3. The number of fused-ring (bicyclic) bond motifs is 1. The van der Waals surface area contributed by atoms with Gasteiger partial charge in [-0.3, -0.25) is 14.4 Å². The maximum atomic E-state index is 15.0. The van der Waals surface area contributed by atoms with Crippen molar-refractivity contribution in [3.8, 4) is 0 Å². The second kappa shape index (κ2) is 14.1. The van der Waals surface area contributed by atoms with Crippen molar-refractivity contribution in [2.24, 2.45) is 11.8 Å². The SMILES string of the molecule is C=CCN(Cc1ccccc1)C(=O)C1N([C@@H](CO)Cc2ccccc2)C(=O)[C@@H]2[C@@H](C(=O)N(CC=C)Cc3ccccc3)[C@@]3(C)CCC12S3. The smallest absolute Gasteiger partial charge is 0.247 e. The molecule has 1 N–H and O–H groups in total. The third-order valence-corrected chi connectivity index (χ3v) is 12.4. The molecule has 3 aliphatic heterocycles. The van der Waals surface area contributed by atoms with E-state index in [1.165, 1.54) is 0 Å². The third kappa shape index (κ3) is 6.12. The van der Waals surface area contributed by atoms with E-state index in [9.17, 15) is 9.90 Å². The van der Waals surface area contributed by atoms with Crippen molar-refractivity contribution in [3.63, 3.8) is 0 Å². The summed E-state index contributed by atoms with van der Waals surface area (Å²) in [6.45, 7) is 11.1. The van der Waals surface area contributed by atoms with Gasteiger partial charge < -0.3 is 19.8 Å². The number of aliphatic hydroxyl groups excluding tert-OH is 1. The zero-order chi connectivity index (χ0) is 33.9. The summed E-state index contributed by atoms with van der Waals surface area (Å²) in [5, 5.41) is 10.9. The van der Waals surface area contributed by atoms with Crippen molar-refractivity contribution >= 4 is 29.5 Å². The Morgan fingerprint density at radius 1 is 0.854 bits per heavy atom. The Morgan fingerprint density at radius 3 is 1.85 bits per heavy atom. The highest BCUT2D eigenvalue weighted by molar-refractivity contribution is 8.02. The molecule has 250 valence electrons. The van der Waals surface area contributed by atoms with Crippen LogP contribution in [0, 0.1) is 11.8 Å². The van der Waals surface area contributed by atoms with Gasteiger partial charge in [-0.05, 0) is 42.9 Å². The topological polar surface area (TPSA) is 81.2 Å². The summed E-state index contributed by atoms with van der Waals surface area (Å²) in [6.07, 6.45) is 5.19. The van der Waals surface area contributed by atoms with Gasteiger partial charge in [-0.15, -0.1) is 24.9 Å². The van der Waals surface area contributed by atoms with E-state index < -0.39 is 33.4 Å². The van der Waals surface area contributed by atoms with Crippen LogP contribution in [0.5, 0.6) is 0 Å². The van der Waals surface area contributed by atoms with Gasteiger partial charge in [-0.2, -0.15) is 0 Å². The molecule has 8 heteroatoms. The Kier molecular flexibility index (Phi) is 9.95. The van der Waals surface area contributed by atoms with Crippen LogP contribution in [0.15, 0.2) is 116 Å². The first kappa shape index (κ1) is 33.7. The van der Waals surface area contributed by atoms with Crippen molar-refractivity contribution in [2.75, 3.05) is 19.7 Å². The highest BCUT2D eigenvalue weighted by Gasteiger charge is 2.78. The monoisotopic (exact) mass is 663 g/mol. The van der Waals surface area contributed by atoms with Gasteiger partial charge in [-0.25, -0.2) is 0 Å². The number of thioether (sulfide) groups is 1. The lowest BCUT2D eigenvalue weighted by Gasteiger charge is -2.39. The maximum Gasteiger partial charge on any atom is 0.247 e. The van der Waals surface area contributed by atoms with Crippen molar-refractivity contribution in [3.05, 3.63) is 133 Å². The minimum absolute atomic E-state index is 0.0856. The van der Waals surface area contributed by atoms with E-state index in [0.29, 0.717) is 45.4 Å². The molecule has 3 heterocycles. The summed E-state index contributed by atoms with van der Waals surface area (Å²) in [7, 11) is 0. The number of hydrogen-bond donors (Lipinski definition) is 1. The molecule has 6 atom stereocenters. The number of hydrogen-bond acceptors (Lipinski definition) is 5. The minimum atomic E-state index is -0.842. The van der Waals surface area contributed by atoms with E-state index in [1.54, 1.807) is 38.6 Å². The molecule has 3 saturated heterocycles. The van der Waals surface area contributed by atoms with Crippen LogP contribution < -0.4 is 0 Å². The van der Waals surface area contributed by atoms with Crippen molar-refractivity contribution < 1.29 is 19.5 Å². The number of carbonyl (C=O) groups excluding carboxylic acids is 3. The zero-order valence-electron chi connectivity index (χ0n) is 27.6. The first-order chi connectivity index (χ1) is 23.3. The van der Waals surface area contributed by atoms with Crippen LogP contribution in [0.2, 0.25) is 0 Å². The van der Waals surface area contributed by atoms with Gasteiger partial charge in [0.2, 0.25) is 17.7 Å². The summed E-state index contributed by atoms with van der Waals surface area (Å²) in [5.41, 5.74) is 2.94. The minimum Gasteiger partial charge on any atom is -0.394 e. The van der Waals surface area contributed by atoms with Gasteiger partial charge >= 0.3 is 0 Å². The van der Waals surface area contributed by atoms with Gasteiger partial charge in [-0.1, -0.05) is 103 Å². The third-order valence-electron chi connectivity index (χ3n) is 10.4.